The maximum absolute atomic E-state index is 5.33. The Morgan fingerprint density at radius 2 is 2.62 bits per heavy atom. The van der Waals surface area contributed by atoms with Gasteiger partial charge in [0, 0.05) is 29.4 Å². The Labute approximate surface area is 63.7 Å². The first kappa shape index (κ1) is 6.77. The summed E-state index contributed by atoms with van der Waals surface area (Å²) >= 11 is 2.28. The Hall–Kier alpha value is 0.650. The number of hydrogen-bond donors (Lipinski definition) is 0. The average Bonchev–Trinajstić information content (AvgIpc) is 2.14. The van der Waals surface area contributed by atoms with Crippen LogP contribution >= 0.6 is 22.9 Å². The van der Waals surface area contributed by atoms with Gasteiger partial charge in [0.15, 0.2) is 0 Å². The van der Waals surface area contributed by atoms with E-state index in [2.05, 4.69) is 32.9 Å². The van der Waals surface area contributed by atoms with Crippen LogP contribution in [0.3, 0.4) is 0 Å². The number of hydrogen-bond acceptors (Lipinski definition) is 2. The lowest BCUT2D eigenvalue weighted by Crippen LogP contribution is -2.10. The van der Waals surface area contributed by atoms with Gasteiger partial charge < -0.3 is 4.74 Å². The van der Waals surface area contributed by atoms with Gasteiger partial charge in [0.25, 0.3) is 0 Å². The summed E-state index contributed by atoms with van der Waals surface area (Å²) in [6, 6.07) is 0. The molecule has 1 aliphatic rings. The van der Waals surface area contributed by atoms with Gasteiger partial charge in [-0.25, -0.2) is 3.11 Å². The fourth-order valence-electron chi connectivity index (χ4n) is 0.760. The molecule has 8 heavy (non-hydrogen) atoms. The van der Waals surface area contributed by atoms with Crippen LogP contribution in [0.1, 0.15) is 13.3 Å². The summed E-state index contributed by atoms with van der Waals surface area (Å²) < 4.78 is 7.49. The zero-order valence-electron chi connectivity index (χ0n) is 4.93. The van der Waals surface area contributed by atoms with E-state index in [1.165, 1.54) is 0 Å². The number of nitrogens with zero attached hydrogens (tertiary/aromatic N) is 1. The van der Waals surface area contributed by atoms with Crippen molar-refractivity contribution >= 4 is 22.9 Å². The summed E-state index contributed by atoms with van der Waals surface area (Å²) in [5, 5.41) is 0. The third-order valence-electron chi connectivity index (χ3n) is 1.31. The highest BCUT2D eigenvalue weighted by molar-refractivity contribution is 14.1. The van der Waals surface area contributed by atoms with Crippen molar-refractivity contribution in [3.05, 3.63) is 0 Å². The minimum atomic E-state index is 0.492. The van der Waals surface area contributed by atoms with Gasteiger partial charge in [-0.05, 0) is 6.42 Å². The topological polar surface area (TPSA) is 12.5 Å². The van der Waals surface area contributed by atoms with Crippen molar-refractivity contribution in [3.63, 3.8) is 0 Å². The molecule has 0 spiro atoms. The van der Waals surface area contributed by atoms with E-state index in [1.807, 2.05) is 0 Å². The highest BCUT2D eigenvalue weighted by Crippen LogP contribution is 2.13. The van der Waals surface area contributed by atoms with Crippen LogP contribution in [-0.2, 0) is 4.74 Å². The van der Waals surface area contributed by atoms with Crippen molar-refractivity contribution in [3.8, 4) is 0 Å². The second kappa shape index (κ2) is 2.98. The second-order valence-corrected chi connectivity index (χ2v) is 3.34. The molecule has 1 unspecified atom stereocenters. The Kier molecular flexibility index (Phi) is 2.52. The van der Waals surface area contributed by atoms with Gasteiger partial charge in [-0.3, -0.25) is 0 Å². The minimum Gasteiger partial charge on any atom is -0.361 e. The average molecular weight is 227 g/mol. The van der Waals surface area contributed by atoms with Crippen molar-refractivity contribution < 1.29 is 4.74 Å². The molecule has 0 saturated carbocycles. The van der Waals surface area contributed by atoms with Crippen molar-refractivity contribution in [1.82, 2.24) is 3.11 Å². The van der Waals surface area contributed by atoms with Crippen LogP contribution in [0.15, 0.2) is 0 Å². The van der Waals surface area contributed by atoms with E-state index in [0.717, 1.165) is 19.7 Å². The fraction of sp³-hybridized carbons (Fsp3) is 1.00. The fourth-order valence-corrected chi connectivity index (χ4v) is 1.36. The van der Waals surface area contributed by atoms with Gasteiger partial charge in [-0.15, -0.1) is 0 Å². The first-order valence-corrected chi connectivity index (χ1v) is 3.81. The second-order valence-electron chi connectivity index (χ2n) is 1.97. The van der Waals surface area contributed by atoms with Gasteiger partial charge in [0.2, 0.25) is 0 Å². The van der Waals surface area contributed by atoms with E-state index in [4.69, 9.17) is 4.74 Å². The maximum atomic E-state index is 5.33. The molecule has 0 radical (unpaired) electrons. The van der Waals surface area contributed by atoms with Crippen LogP contribution in [0.2, 0.25) is 0 Å². The third-order valence-corrected chi connectivity index (χ3v) is 1.98. The molecule has 0 aliphatic carbocycles. The van der Waals surface area contributed by atoms with E-state index in [-0.39, 0.29) is 0 Å². The lowest BCUT2D eigenvalue weighted by molar-refractivity contribution is 0.104. The molecule has 48 valence electrons. The van der Waals surface area contributed by atoms with Crippen molar-refractivity contribution in [1.29, 1.82) is 0 Å². The van der Waals surface area contributed by atoms with Crippen LogP contribution in [0.4, 0.5) is 0 Å². The molecule has 0 aromatic heterocycles. The van der Waals surface area contributed by atoms with E-state index >= 15 is 0 Å². The highest BCUT2D eigenvalue weighted by atomic mass is 127. The molecule has 0 amide bonds. The summed E-state index contributed by atoms with van der Waals surface area (Å²) in [6.07, 6.45) is 1.63. The summed E-state index contributed by atoms with van der Waals surface area (Å²) in [4.78, 5) is 0. The molecule has 1 fully saturated rings. The molecule has 1 saturated heterocycles. The molecular weight excluding hydrogens is 217 g/mol. The van der Waals surface area contributed by atoms with Gasteiger partial charge in [0.05, 0.1) is 6.10 Å². The van der Waals surface area contributed by atoms with Gasteiger partial charge in [-0.2, -0.15) is 0 Å². The standard InChI is InChI=1S/C5H10INO/c1-2-5-3-7(6)4-8-5/h5H,2-4H2,1H3. The van der Waals surface area contributed by atoms with E-state index in [9.17, 15) is 0 Å². The summed E-state index contributed by atoms with van der Waals surface area (Å²) in [5.74, 6) is 0. The van der Waals surface area contributed by atoms with E-state index in [0.29, 0.717) is 6.10 Å². The van der Waals surface area contributed by atoms with Crippen molar-refractivity contribution in [2.45, 2.75) is 19.4 Å². The predicted molar refractivity (Wildman–Crippen MR) is 40.8 cm³/mol. The largest absolute Gasteiger partial charge is 0.361 e. The van der Waals surface area contributed by atoms with E-state index in [1.54, 1.807) is 0 Å². The molecule has 0 aromatic carbocycles. The predicted octanol–water partition coefficient (Wildman–Crippen LogP) is 1.40. The summed E-state index contributed by atoms with van der Waals surface area (Å²) in [7, 11) is 0. The van der Waals surface area contributed by atoms with Gasteiger partial charge >= 0.3 is 0 Å². The SMILES string of the molecule is CCC1CN(I)CO1. The normalized spacial score (nSPS) is 31.5. The van der Waals surface area contributed by atoms with Crippen LogP contribution in [0.5, 0.6) is 0 Å². The van der Waals surface area contributed by atoms with Crippen LogP contribution in [0, 0.1) is 0 Å². The van der Waals surface area contributed by atoms with Gasteiger partial charge in [-0.1, -0.05) is 6.92 Å². The first-order chi connectivity index (χ1) is 3.83. The minimum absolute atomic E-state index is 0.492. The maximum Gasteiger partial charge on any atom is 0.108 e. The van der Waals surface area contributed by atoms with Crippen LogP contribution < -0.4 is 0 Å². The molecule has 1 rings (SSSR count). The highest BCUT2D eigenvalue weighted by Gasteiger charge is 2.18. The Bertz CT molecular complexity index is 78.8. The summed E-state index contributed by atoms with van der Waals surface area (Å²) in [5.41, 5.74) is 0. The Morgan fingerprint density at radius 1 is 1.88 bits per heavy atom. The number of rotatable bonds is 1. The quantitative estimate of drug-likeness (QED) is 0.496. The van der Waals surface area contributed by atoms with Crippen molar-refractivity contribution in [2.24, 2.45) is 0 Å². The Balaban J connectivity index is 2.22. The monoisotopic (exact) mass is 227 g/mol. The lowest BCUT2D eigenvalue weighted by Gasteiger charge is -2.01. The van der Waals surface area contributed by atoms with Crippen molar-refractivity contribution in [2.75, 3.05) is 13.3 Å². The number of ether oxygens (including phenoxy) is 1. The molecule has 3 heteroatoms. The van der Waals surface area contributed by atoms with Gasteiger partial charge in [0.1, 0.15) is 6.73 Å². The first-order valence-electron chi connectivity index (χ1n) is 2.85. The van der Waals surface area contributed by atoms with Crippen LogP contribution in [0.25, 0.3) is 0 Å². The van der Waals surface area contributed by atoms with E-state index < -0.39 is 0 Å². The molecule has 1 aliphatic heterocycles. The zero-order chi connectivity index (χ0) is 5.98. The molecule has 2 nitrogen and oxygen atoms in total. The molecule has 1 atom stereocenters. The molecule has 0 aromatic rings. The smallest absolute Gasteiger partial charge is 0.108 e. The lowest BCUT2D eigenvalue weighted by atomic mass is 10.3. The molecular formula is C5H10INO. The third kappa shape index (κ3) is 1.56. The number of halogens is 1. The Morgan fingerprint density at radius 3 is 2.88 bits per heavy atom. The molecule has 0 N–H and O–H groups in total. The molecule has 0 bridgehead atoms. The van der Waals surface area contributed by atoms with Crippen LogP contribution in [-0.4, -0.2) is 22.5 Å². The molecule has 1 heterocycles. The summed E-state index contributed by atoms with van der Waals surface area (Å²) in [6.45, 7) is 4.05. The zero-order valence-corrected chi connectivity index (χ0v) is 7.09.